The zero-order valence-electron chi connectivity index (χ0n) is 26.7. The molecule has 3 aromatic carbocycles. The number of halogens is 1. The molecule has 0 amide bonds. The molecule has 44 heavy (non-hydrogen) atoms. The van der Waals surface area contributed by atoms with E-state index in [2.05, 4.69) is 6.92 Å². The number of benzene rings is 3. The van der Waals surface area contributed by atoms with E-state index in [0.29, 0.717) is 23.3 Å². The van der Waals surface area contributed by atoms with Crippen molar-refractivity contribution < 1.29 is 28.2 Å². The van der Waals surface area contributed by atoms with Crippen LogP contribution in [-0.4, -0.2) is 30.8 Å². The lowest BCUT2D eigenvalue weighted by Gasteiger charge is -2.16. The molecule has 3 rings (SSSR count). The lowest BCUT2D eigenvalue weighted by molar-refractivity contribution is 0.0266. The van der Waals surface area contributed by atoms with Crippen LogP contribution in [0.3, 0.4) is 0 Å². The Labute approximate surface area is 263 Å². The molecule has 0 aliphatic rings. The van der Waals surface area contributed by atoms with Gasteiger partial charge in [0, 0.05) is 6.42 Å². The Kier molecular flexibility index (Phi) is 15.5. The molecule has 0 heterocycles. The van der Waals surface area contributed by atoms with Gasteiger partial charge in [-0.25, -0.2) is 14.0 Å². The monoisotopic (exact) mass is 604 g/mol. The van der Waals surface area contributed by atoms with E-state index in [4.69, 9.17) is 14.2 Å². The SMILES string of the molecule is CCCCCCCCCCOc1ccc(-c2ccc(OC(=O)c3ccc(C(=O)OC(C)CC(F)CCCC)cc3)cc2)cc1. The van der Waals surface area contributed by atoms with Gasteiger partial charge in [-0.2, -0.15) is 0 Å². The summed E-state index contributed by atoms with van der Waals surface area (Å²) in [6.45, 7) is 6.69. The number of carbonyl (C=O) groups excluding carboxylic acids is 2. The molecule has 0 aliphatic heterocycles. The lowest BCUT2D eigenvalue weighted by atomic mass is 10.1. The highest BCUT2D eigenvalue weighted by molar-refractivity contribution is 5.94. The molecule has 0 N–H and O–H groups in total. The molecule has 0 aromatic heterocycles. The van der Waals surface area contributed by atoms with Crippen LogP contribution in [0.1, 0.15) is 119 Å². The van der Waals surface area contributed by atoms with Crippen molar-refractivity contribution in [3.8, 4) is 22.6 Å². The molecule has 238 valence electrons. The van der Waals surface area contributed by atoms with Crippen LogP contribution >= 0.6 is 0 Å². The number of rotatable bonds is 20. The van der Waals surface area contributed by atoms with E-state index in [1.54, 1.807) is 19.1 Å². The smallest absolute Gasteiger partial charge is 0.343 e. The third-order valence-corrected chi connectivity index (χ3v) is 7.64. The summed E-state index contributed by atoms with van der Waals surface area (Å²) in [6, 6.07) is 21.4. The van der Waals surface area contributed by atoms with Gasteiger partial charge in [-0.3, -0.25) is 0 Å². The van der Waals surface area contributed by atoms with Gasteiger partial charge < -0.3 is 14.2 Å². The quantitative estimate of drug-likeness (QED) is 0.0729. The van der Waals surface area contributed by atoms with Crippen LogP contribution in [0.25, 0.3) is 11.1 Å². The second-order valence-electron chi connectivity index (χ2n) is 11.5. The summed E-state index contributed by atoms with van der Waals surface area (Å²) in [5, 5.41) is 0. The van der Waals surface area contributed by atoms with Gasteiger partial charge in [-0.1, -0.05) is 95.9 Å². The van der Waals surface area contributed by atoms with E-state index < -0.39 is 24.2 Å². The molecule has 2 atom stereocenters. The molecule has 6 heteroatoms. The molecule has 0 radical (unpaired) electrons. The van der Waals surface area contributed by atoms with Crippen LogP contribution in [0.2, 0.25) is 0 Å². The Morgan fingerprint density at radius 1 is 0.636 bits per heavy atom. The second kappa shape index (κ2) is 19.6. The summed E-state index contributed by atoms with van der Waals surface area (Å²) in [5.74, 6) is 0.219. The van der Waals surface area contributed by atoms with Crippen LogP contribution in [0.15, 0.2) is 72.8 Å². The Morgan fingerprint density at radius 3 is 1.70 bits per heavy atom. The summed E-state index contributed by atoms with van der Waals surface area (Å²) in [6.07, 6.45) is 11.1. The Morgan fingerprint density at radius 2 is 1.14 bits per heavy atom. The zero-order chi connectivity index (χ0) is 31.6. The van der Waals surface area contributed by atoms with E-state index in [1.165, 1.54) is 69.2 Å². The molecule has 2 unspecified atom stereocenters. The predicted molar refractivity (Wildman–Crippen MR) is 175 cm³/mol. The highest BCUT2D eigenvalue weighted by Gasteiger charge is 2.18. The van der Waals surface area contributed by atoms with Crippen LogP contribution < -0.4 is 9.47 Å². The van der Waals surface area contributed by atoms with Crippen molar-refractivity contribution in [2.24, 2.45) is 0 Å². The maximum atomic E-state index is 14.0. The number of carbonyl (C=O) groups is 2. The number of ether oxygens (including phenoxy) is 3. The van der Waals surface area contributed by atoms with Crippen molar-refractivity contribution in [2.75, 3.05) is 6.61 Å². The summed E-state index contributed by atoms with van der Waals surface area (Å²) >= 11 is 0. The third kappa shape index (κ3) is 12.5. The maximum Gasteiger partial charge on any atom is 0.343 e. The van der Waals surface area contributed by atoms with E-state index in [-0.39, 0.29) is 6.42 Å². The average Bonchev–Trinajstić information content (AvgIpc) is 3.03. The minimum atomic E-state index is -0.988. The highest BCUT2D eigenvalue weighted by Crippen LogP contribution is 2.25. The van der Waals surface area contributed by atoms with Crippen LogP contribution in [0, 0.1) is 0 Å². The second-order valence-corrected chi connectivity index (χ2v) is 11.5. The van der Waals surface area contributed by atoms with Crippen molar-refractivity contribution in [1.29, 1.82) is 0 Å². The molecule has 0 aliphatic carbocycles. The van der Waals surface area contributed by atoms with Crippen molar-refractivity contribution in [1.82, 2.24) is 0 Å². The number of esters is 2. The maximum absolute atomic E-state index is 14.0. The first-order valence-corrected chi connectivity index (χ1v) is 16.4. The van der Waals surface area contributed by atoms with Gasteiger partial charge in [0.2, 0.25) is 0 Å². The Balaban J connectivity index is 1.41. The molecule has 0 spiro atoms. The Bertz CT molecular complexity index is 1240. The summed E-state index contributed by atoms with van der Waals surface area (Å²) in [7, 11) is 0. The van der Waals surface area contributed by atoms with Gasteiger partial charge in [-0.15, -0.1) is 0 Å². The zero-order valence-corrected chi connectivity index (χ0v) is 26.7. The van der Waals surface area contributed by atoms with Gasteiger partial charge in [0.25, 0.3) is 0 Å². The number of unbranched alkanes of at least 4 members (excludes halogenated alkanes) is 8. The molecule has 0 fully saturated rings. The minimum absolute atomic E-state index is 0.175. The highest BCUT2D eigenvalue weighted by atomic mass is 19.1. The van der Waals surface area contributed by atoms with Gasteiger partial charge >= 0.3 is 11.9 Å². The summed E-state index contributed by atoms with van der Waals surface area (Å²) in [5.41, 5.74) is 2.65. The first kappa shape index (κ1) is 34.8. The Hall–Kier alpha value is -3.67. The van der Waals surface area contributed by atoms with Gasteiger partial charge in [0.05, 0.1) is 17.7 Å². The first-order valence-electron chi connectivity index (χ1n) is 16.4. The molecule has 5 nitrogen and oxygen atoms in total. The largest absolute Gasteiger partial charge is 0.494 e. The summed E-state index contributed by atoms with van der Waals surface area (Å²) < 4.78 is 30.8. The van der Waals surface area contributed by atoms with Crippen molar-refractivity contribution >= 4 is 11.9 Å². The predicted octanol–water partition coefficient (Wildman–Crippen LogP) is 10.6. The molecule has 0 saturated heterocycles. The molecular weight excluding hydrogens is 555 g/mol. The van der Waals surface area contributed by atoms with Crippen LogP contribution in [0.4, 0.5) is 4.39 Å². The standard InChI is InChI=1S/C38H49FO5/c1-4-6-8-9-10-11-12-13-27-42-35-23-19-30(20-24-35)31-21-25-36(26-22-31)44-38(41)33-17-15-32(16-18-33)37(40)43-29(3)28-34(39)14-7-5-2/h15-26,29,34H,4-14,27-28H2,1-3H3. The normalized spacial score (nSPS) is 12.4. The molecular formula is C38H49FO5. The fraction of sp³-hybridized carbons (Fsp3) is 0.474. The van der Waals surface area contributed by atoms with Gasteiger partial charge in [0.15, 0.2) is 0 Å². The van der Waals surface area contributed by atoms with Crippen molar-refractivity contribution in [3.05, 3.63) is 83.9 Å². The van der Waals surface area contributed by atoms with Crippen LogP contribution in [0.5, 0.6) is 11.5 Å². The number of hydrogen-bond acceptors (Lipinski definition) is 5. The third-order valence-electron chi connectivity index (χ3n) is 7.64. The van der Waals surface area contributed by atoms with E-state index in [1.807, 2.05) is 43.3 Å². The van der Waals surface area contributed by atoms with Crippen LogP contribution in [-0.2, 0) is 4.74 Å². The first-order chi connectivity index (χ1) is 21.4. The molecule has 0 saturated carbocycles. The minimum Gasteiger partial charge on any atom is -0.494 e. The van der Waals surface area contributed by atoms with E-state index in [0.717, 1.165) is 42.7 Å². The lowest BCUT2D eigenvalue weighted by Crippen LogP contribution is -2.19. The number of hydrogen-bond donors (Lipinski definition) is 0. The van der Waals surface area contributed by atoms with Crippen molar-refractivity contribution in [3.63, 3.8) is 0 Å². The topological polar surface area (TPSA) is 61.8 Å². The molecule has 3 aromatic rings. The van der Waals surface area contributed by atoms with E-state index >= 15 is 0 Å². The average molecular weight is 605 g/mol. The number of alkyl halides is 1. The fourth-order valence-corrected chi connectivity index (χ4v) is 5.00. The van der Waals surface area contributed by atoms with Crippen molar-refractivity contribution in [2.45, 2.75) is 110 Å². The fourth-order valence-electron chi connectivity index (χ4n) is 5.00. The van der Waals surface area contributed by atoms with Gasteiger partial charge in [-0.05, 0) is 79.4 Å². The summed E-state index contributed by atoms with van der Waals surface area (Å²) in [4.78, 5) is 25.1. The van der Waals surface area contributed by atoms with E-state index in [9.17, 15) is 14.0 Å². The molecule has 0 bridgehead atoms. The van der Waals surface area contributed by atoms with Gasteiger partial charge in [0.1, 0.15) is 23.8 Å².